The van der Waals surface area contributed by atoms with Gasteiger partial charge in [0.15, 0.2) is 0 Å². The van der Waals surface area contributed by atoms with E-state index in [1.54, 1.807) is 18.8 Å². The van der Waals surface area contributed by atoms with Crippen molar-refractivity contribution in [2.24, 2.45) is 0 Å². The number of rotatable bonds is 7. The zero-order valence-corrected chi connectivity index (χ0v) is 11.5. The molecule has 0 saturated heterocycles. The van der Waals surface area contributed by atoms with E-state index < -0.39 is 4.92 Å². The average molecular weight is 271 g/mol. The Morgan fingerprint density at radius 1 is 1.61 bits per heavy atom. The quantitative estimate of drug-likeness (QED) is 0.578. The lowest BCUT2D eigenvalue weighted by Crippen LogP contribution is -2.22. The molecule has 0 radical (unpaired) electrons. The molecule has 1 aromatic heterocycles. The maximum absolute atomic E-state index is 10.9. The number of nitrogens with zero attached hydrogens (tertiary/aromatic N) is 3. The normalized spacial score (nSPS) is 11.9. The van der Waals surface area contributed by atoms with Crippen LogP contribution in [-0.4, -0.2) is 40.0 Å². The van der Waals surface area contributed by atoms with Gasteiger partial charge in [-0.2, -0.15) is 16.7 Å². The van der Waals surface area contributed by atoms with Gasteiger partial charge in [-0.05, 0) is 12.7 Å². The number of thioether (sulfide) groups is 1. The molecule has 0 aliphatic rings. The molecule has 0 amide bonds. The summed E-state index contributed by atoms with van der Waals surface area (Å²) >= 11 is 1.69. The molecule has 1 aromatic rings. The van der Waals surface area contributed by atoms with Crippen molar-refractivity contribution in [1.82, 2.24) is 9.97 Å². The molecule has 0 aliphatic heterocycles. The molecule has 100 valence electrons. The number of hydrogen-bond acceptors (Lipinski definition) is 7. The molecule has 1 unspecified atom stereocenters. The summed E-state index contributed by atoms with van der Waals surface area (Å²) in [6.07, 6.45) is 4.08. The molecule has 2 N–H and O–H groups in total. The second kappa shape index (κ2) is 7.00. The fourth-order valence-electron chi connectivity index (χ4n) is 1.39. The highest BCUT2D eigenvalue weighted by Gasteiger charge is 2.19. The second-order valence-electron chi connectivity index (χ2n) is 3.64. The van der Waals surface area contributed by atoms with Gasteiger partial charge in [0.05, 0.1) is 4.92 Å². The summed E-state index contributed by atoms with van der Waals surface area (Å²) in [6.45, 7) is 2.03. The van der Waals surface area contributed by atoms with Gasteiger partial charge in [0.25, 0.3) is 0 Å². The monoisotopic (exact) mass is 271 g/mol. The molecule has 0 aromatic carbocycles. The lowest BCUT2D eigenvalue weighted by Gasteiger charge is -2.16. The molecule has 0 spiro atoms. The van der Waals surface area contributed by atoms with Crippen LogP contribution in [0.2, 0.25) is 0 Å². The Labute approximate surface area is 110 Å². The minimum atomic E-state index is -0.479. The van der Waals surface area contributed by atoms with E-state index in [9.17, 15) is 10.1 Å². The summed E-state index contributed by atoms with van der Waals surface area (Å²) in [5.74, 6) is 1.49. The summed E-state index contributed by atoms with van der Waals surface area (Å²) in [7, 11) is 1.67. The topological polar surface area (TPSA) is 93.0 Å². The van der Waals surface area contributed by atoms with Crippen LogP contribution >= 0.6 is 11.8 Å². The molecular formula is C10H17N5O2S. The summed E-state index contributed by atoms with van der Waals surface area (Å²) in [5, 5.41) is 16.8. The molecular weight excluding hydrogens is 254 g/mol. The van der Waals surface area contributed by atoms with E-state index in [1.807, 2.05) is 13.2 Å². The first-order valence-electron chi connectivity index (χ1n) is 5.57. The van der Waals surface area contributed by atoms with Gasteiger partial charge >= 0.3 is 5.69 Å². The Hall–Kier alpha value is -1.57. The zero-order chi connectivity index (χ0) is 13.5. The third kappa shape index (κ3) is 3.73. The lowest BCUT2D eigenvalue weighted by atomic mass is 10.2. The molecule has 1 heterocycles. The van der Waals surface area contributed by atoms with Crippen molar-refractivity contribution in [1.29, 1.82) is 0 Å². The van der Waals surface area contributed by atoms with Crippen molar-refractivity contribution in [2.45, 2.75) is 19.4 Å². The maximum atomic E-state index is 10.9. The largest absolute Gasteiger partial charge is 0.361 e. The predicted octanol–water partition coefficient (Wildman–Crippen LogP) is 1.98. The number of anilines is 2. The van der Waals surface area contributed by atoms with Gasteiger partial charge < -0.3 is 10.6 Å². The number of nitrogens with one attached hydrogen (secondary N) is 2. The van der Waals surface area contributed by atoms with Gasteiger partial charge in [0.2, 0.25) is 11.8 Å². The van der Waals surface area contributed by atoms with Gasteiger partial charge in [0, 0.05) is 18.8 Å². The number of aromatic nitrogens is 2. The Kier molecular flexibility index (Phi) is 5.63. The fraction of sp³-hybridized carbons (Fsp3) is 0.600. The first-order chi connectivity index (χ1) is 8.62. The molecule has 8 heteroatoms. The van der Waals surface area contributed by atoms with Crippen LogP contribution in [0, 0.1) is 10.1 Å². The van der Waals surface area contributed by atoms with E-state index in [2.05, 4.69) is 20.6 Å². The van der Waals surface area contributed by atoms with E-state index in [0.717, 1.165) is 12.2 Å². The Bertz CT molecular complexity index is 415. The molecule has 0 saturated carbocycles. The Morgan fingerprint density at radius 2 is 2.33 bits per heavy atom. The van der Waals surface area contributed by atoms with Crippen LogP contribution in [0.15, 0.2) is 6.20 Å². The second-order valence-corrected chi connectivity index (χ2v) is 4.55. The van der Waals surface area contributed by atoms with Crippen molar-refractivity contribution in [3.8, 4) is 0 Å². The smallest absolute Gasteiger partial charge is 0.329 e. The third-order valence-corrected chi connectivity index (χ3v) is 3.13. The molecule has 1 atom stereocenters. The van der Waals surface area contributed by atoms with Crippen LogP contribution in [0.1, 0.15) is 13.3 Å². The summed E-state index contributed by atoms with van der Waals surface area (Å²) in [6, 6.07) is 0.151. The van der Waals surface area contributed by atoms with Gasteiger partial charge in [-0.3, -0.25) is 10.1 Å². The highest BCUT2D eigenvalue weighted by atomic mass is 32.2. The first-order valence-corrected chi connectivity index (χ1v) is 6.96. The van der Waals surface area contributed by atoms with Crippen LogP contribution in [0.25, 0.3) is 0 Å². The van der Waals surface area contributed by atoms with E-state index in [-0.39, 0.29) is 17.5 Å². The van der Waals surface area contributed by atoms with E-state index in [0.29, 0.717) is 5.95 Å². The van der Waals surface area contributed by atoms with Crippen molar-refractivity contribution in [2.75, 3.05) is 29.7 Å². The van der Waals surface area contributed by atoms with Gasteiger partial charge in [0.1, 0.15) is 6.20 Å². The highest BCUT2D eigenvalue weighted by Crippen LogP contribution is 2.23. The van der Waals surface area contributed by atoms with Crippen LogP contribution in [0.5, 0.6) is 0 Å². The first kappa shape index (κ1) is 14.5. The molecule has 0 fully saturated rings. The Balaban J connectivity index is 2.99. The number of hydrogen-bond donors (Lipinski definition) is 2. The zero-order valence-electron chi connectivity index (χ0n) is 10.6. The van der Waals surface area contributed by atoms with Crippen molar-refractivity contribution in [3.63, 3.8) is 0 Å². The van der Waals surface area contributed by atoms with Gasteiger partial charge in [-0.25, -0.2) is 4.98 Å². The maximum Gasteiger partial charge on any atom is 0.329 e. The molecule has 0 aliphatic carbocycles. The predicted molar refractivity (Wildman–Crippen MR) is 74.3 cm³/mol. The third-order valence-electron chi connectivity index (χ3n) is 2.39. The van der Waals surface area contributed by atoms with Crippen LogP contribution < -0.4 is 10.6 Å². The van der Waals surface area contributed by atoms with E-state index >= 15 is 0 Å². The standard InChI is InChI=1S/C10H17N5O2S/c1-4-7(6-18-3)13-9-8(15(16)17)5-12-10(11-2)14-9/h5,7H,4,6H2,1-3H3,(H2,11,12,13,14). The van der Waals surface area contributed by atoms with Gasteiger partial charge in [-0.15, -0.1) is 0 Å². The molecule has 0 bridgehead atoms. The highest BCUT2D eigenvalue weighted by molar-refractivity contribution is 7.98. The van der Waals surface area contributed by atoms with E-state index in [4.69, 9.17) is 0 Å². The molecule has 18 heavy (non-hydrogen) atoms. The summed E-state index contributed by atoms with van der Waals surface area (Å²) in [5.41, 5.74) is -0.103. The Morgan fingerprint density at radius 3 is 2.83 bits per heavy atom. The SMILES string of the molecule is CCC(CSC)Nc1nc(NC)ncc1[N+](=O)[O-]. The average Bonchev–Trinajstić information content (AvgIpc) is 2.37. The fourth-order valence-corrected chi connectivity index (χ4v) is 2.11. The summed E-state index contributed by atoms with van der Waals surface area (Å²) < 4.78 is 0. The van der Waals surface area contributed by atoms with Crippen molar-refractivity contribution < 1.29 is 4.92 Å². The van der Waals surface area contributed by atoms with Crippen LogP contribution in [-0.2, 0) is 0 Å². The molecule has 1 rings (SSSR count). The van der Waals surface area contributed by atoms with Crippen molar-refractivity contribution >= 4 is 29.2 Å². The lowest BCUT2D eigenvalue weighted by molar-refractivity contribution is -0.384. The number of nitro groups is 1. The van der Waals surface area contributed by atoms with Crippen molar-refractivity contribution in [3.05, 3.63) is 16.3 Å². The minimum Gasteiger partial charge on any atom is -0.361 e. The van der Waals surface area contributed by atoms with Crippen LogP contribution in [0.4, 0.5) is 17.5 Å². The van der Waals surface area contributed by atoms with E-state index in [1.165, 1.54) is 6.20 Å². The minimum absolute atomic E-state index is 0.103. The van der Waals surface area contributed by atoms with Crippen LogP contribution in [0.3, 0.4) is 0 Å². The summed E-state index contributed by atoms with van der Waals surface area (Å²) in [4.78, 5) is 18.4. The molecule has 7 nitrogen and oxygen atoms in total. The van der Waals surface area contributed by atoms with Gasteiger partial charge in [-0.1, -0.05) is 6.92 Å².